The molecule has 2 heterocycles. The summed E-state index contributed by atoms with van der Waals surface area (Å²) in [5.41, 5.74) is -3.73. The fourth-order valence-corrected chi connectivity index (χ4v) is 4.89. The predicted octanol–water partition coefficient (Wildman–Crippen LogP) is 9.01. The van der Waals surface area contributed by atoms with Crippen LogP contribution in [-0.4, -0.2) is 18.3 Å². The third-order valence-corrected chi connectivity index (χ3v) is 7.71. The molecule has 1 saturated heterocycles. The maximum absolute atomic E-state index is 9.56. The Kier molecular flexibility index (Phi) is 2.50. The minimum absolute atomic E-state index is 0.133. The van der Waals surface area contributed by atoms with Crippen LogP contribution in [-0.2, 0) is 9.31 Å². The average Bonchev–Trinajstić information content (AvgIpc) is 3.66. The molecule has 0 amide bonds. The van der Waals surface area contributed by atoms with Crippen LogP contribution in [0.5, 0.6) is 0 Å². The third kappa shape index (κ3) is 3.40. The van der Waals surface area contributed by atoms with Crippen LogP contribution in [0.4, 0.5) is 0 Å². The van der Waals surface area contributed by atoms with Crippen LogP contribution in [0.2, 0.25) is 0 Å². The van der Waals surface area contributed by atoms with E-state index in [1.54, 1.807) is 27.7 Å². The van der Waals surface area contributed by atoms with Crippen LogP contribution in [0.15, 0.2) is 107 Å². The number of furan rings is 1. The minimum atomic E-state index is -1.25. The van der Waals surface area contributed by atoms with Gasteiger partial charge in [-0.3, -0.25) is 0 Å². The number of hydrogen-bond donors (Lipinski definition) is 0. The maximum atomic E-state index is 9.56. The lowest BCUT2D eigenvalue weighted by Gasteiger charge is -2.32. The van der Waals surface area contributed by atoms with E-state index in [4.69, 9.17) is 31.5 Å². The van der Waals surface area contributed by atoms with Crippen molar-refractivity contribution < 1.29 is 37.0 Å². The van der Waals surface area contributed by atoms with Crippen molar-refractivity contribution in [3.8, 4) is 11.1 Å². The monoisotopic (exact) mass is 537 g/mol. The van der Waals surface area contributed by atoms with Gasteiger partial charge in [-0.15, -0.1) is 0 Å². The molecule has 1 aliphatic rings. The topological polar surface area (TPSA) is 31.6 Å². The molecule has 0 bridgehead atoms. The highest BCUT2D eigenvalue weighted by molar-refractivity contribution is 6.62. The van der Waals surface area contributed by atoms with Gasteiger partial charge in [-0.1, -0.05) is 78.6 Å². The molecule has 0 saturated carbocycles. The zero-order valence-electron chi connectivity index (χ0n) is 38.8. The smallest absolute Gasteiger partial charge is 0.456 e. The van der Waals surface area contributed by atoms with E-state index in [2.05, 4.69) is 0 Å². The van der Waals surface area contributed by atoms with Crippen molar-refractivity contribution in [2.45, 2.75) is 38.9 Å². The minimum Gasteiger partial charge on any atom is -0.456 e. The highest BCUT2D eigenvalue weighted by Gasteiger charge is 2.51. The van der Waals surface area contributed by atoms with E-state index in [0.717, 1.165) is 0 Å². The van der Waals surface area contributed by atoms with Gasteiger partial charge in [-0.2, -0.15) is 0 Å². The lowest BCUT2D eigenvalue weighted by atomic mass is 9.79. The highest BCUT2D eigenvalue weighted by atomic mass is 16.7. The Morgan fingerprint density at radius 3 is 1.62 bits per heavy atom. The zero-order chi connectivity index (χ0) is 42.0. The maximum Gasteiger partial charge on any atom is 0.494 e. The molecule has 194 valence electrons. The number of hydrogen-bond acceptors (Lipinski definition) is 3. The van der Waals surface area contributed by atoms with Crippen LogP contribution < -0.4 is 5.46 Å². The summed E-state index contributed by atoms with van der Waals surface area (Å²) in [6.07, 6.45) is 0. The molecule has 3 nitrogen and oxygen atoms in total. The second-order valence-corrected chi connectivity index (χ2v) is 10.6. The molecule has 8 rings (SSSR count). The van der Waals surface area contributed by atoms with Gasteiger partial charge in [0.05, 0.1) is 34.5 Å². The summed E-state index contributed by atoms with van der Waals surface area (Å²) < 4.78 is 170. The largest absolute Gasteiger partial charge is 0.494 e. The van der Waals surface area contributed by atoms with Crippen LogP contribution in [0.1, 0.15) is 51.0 Å². The predicted molar refractivity (Wildman–Crippen MR) is 167 cm³/mol. The fourth-order valence-electron chi connectivity index (χ4n) is 4.89. The Morgan fingerprint density at radius 2 is 1.00 bits per heavy atom. The van der Waals surface area contributed by atoms with Gasteiger partial charge in [0.15, 0.2) is 0 Å². The van der Waals surface area contributed by atoms with Gasteiger partial charge in [0.1, 0.15) is 11.2 Å². The summed E-state index contributed by atoms with van der Waals surface area (Å²) in [5.74, 6) is 0. The van der Waals surface area contributed by atoms with E-state index in [1.807, 2.05) is 0 Å². The van der Waals surface area contributed by atoms with Crippen molar-refractivity contribution in [2.75, 3.05) is 0 Å². The van der Waals surface area contributed by atoms with E-state index >= 15 is 0 Å². The van der Waals surface area contributed by atoms with Crippen molar-refractivity contribution in [1.82, 2.24) is 0 Å². The van der Waals surface area contributed by atoms with Gasteiger partial charge in [0.25, 0.3) is 0 Å². The molecule has 6 aromatic carbocycles. The molecule has 7 aromatic rings. The van der Waals surface area contributed by atoms with E-state index in [1.165, 1.54) is 0 Å². The normalized spacial score (nSPS) is 22.6. The SMILES string of the molecule is [2H]c1c(-c2c([2H])c([2H])c3c4c([2H])c([2H])c([2H])c([2H])c4c4c([2H])c([2H])c([2H])c([2H])c4c3c2[2H])c([2H])c2c(oc3c([2H])c(B4OC(C)(C)C(C)(C)O4)c([2H])c([2H])c32)c1[2H]. The Morgan fingerprint density at radius 1 is 0.500 bits per heavy atom. The molecule has 0 N–H and O–H groups in total. The molecule has 0 unspecified atom stereocenters. The molecular weight excluding hydrogens is 491 g/mol. The molecule has 1 aliphatic heterocycles. The summed E-state index contributed by atoms with van der Waals surface area (Å²) in [4.78, 5) is 0. The first-order valence-corrected chi connectivity index (χ1v) is 12.6. The summed E-state index contributed by atoms with van der Waals surface area (Å²) in [5, 5.41) is -2.83. The first-order valence-electron chi connectivity index (χ1n) is 21.1. The van der Waals surface area contributed by atoms with Gasteiger partial charge >= 0.3 is 7.12 Å². The molecule has 1 aromatic heterocycles. The van der Waals surface area contributed by atoms with Crippen LogP contribution in [0, 0.1) is 0 Å². The second kappa shape index (κ2) is 8.20. The number of fused-ring (bicyclic) bond motifs is 9. The van der Waals surface area contributed by atoms with Gasteiger partial charge < -0.3 is 13.7 Å². The first-order chi connectivity index (χ1) is 26.4. The van der Waals surface area contributed by atoms with E-state index in [0.29, 0.717) is 0 Å². The second-order valence-electron chi connectivity index (χ2n) is 10.6. The van der Waals surface area contributed by atoms with Crippen LogP contribution >= 0.6 is 0 Å². The van der Waals surface area contributed by atoms with Gasteiger partial charge in [-0.05, 0) is 101 Å². The van der Waals surface area contributed by atoms with Gasteiger partial charge in [0.2, 0.25) is 0 Å². The Labute approximate surface area is 257 Å². The highest BCUT2D eigenvalue weighted by Crippen LogP contribution is 2.39. The zero-order valence-corrected chi connectivity index (χ0v) is 21.8. The van der Waals surface area contributed by atoms with Crippen LogP contribution in [0.25, 0.3) is 65.4 Å². The molecule has 40 heavy (non-hydrogen) atoms. The summed E-state index contributed by atoms with van der Waals surface area (Å²) in [6, 6.07) is -11.5. The lowest BCUT2D eigenvalue weighted by Crippen LogP contribution is -2.41. The summed E-state index contributed by atoms with van der Waals surface area (Å²) in [6.45, 7) is 7.08. The molecule has 0 radical (unpaired) electrons. The molecular formula is C36H29BO3. The van der Waals surface area contributed by atoms with Crippen molar-refractivity contribution in [3.63, 3.8) is 0 Å². The molecule has 0 spiro atoms. The quantitative estimate of drug-likeness (QED) is 0.163. The Bertz CT molecular complexity index is 3010. The standard InChI is InChI=1S/C36H29BO3/c1-35(2)36(3,4)40-37(39-35)24-15-17-30-32-20-23(14-18-33(32)38-34(30)21-24)22-13-16-29-27-11-6-5-9-25(27)26-10-7-8-12-28(26)31(29)19-22/h5-21H,1-4H3/i5D,6D,7D,8D,9D,10D,11D,12D,13D,14D,15D,16D,17D,18D,19D,20D,21D. The molecule has 0 aliphatic carbocycles. The lowest BCUT2D eigenvalue weighted by molar-refractivity contribution is 0.00578. The third-order valence-electron chi connectivity index (χ3n) is 7.71. The molecule has 4 heteroatoms. The first kappa shape index (κ1) is 12.2. The van der Waals surface area contributed by atoms with Crippen LogP contribution in [0.3, 0.4) is 0 Å². The fraction of sp³-hybridized carbons (Fsp3) is 0.167. The number of benzene rings is 6. The average molecular weight is 538 g/mol. The van der Waals surface area contributed by atoms with E-state index in [-0.39, 0.29) is 38.0 Å². The van der Waals surface area contributed by atoms with Crippen molar-refractivity contribution in [1.29, 1.82) is 0 Å². The van der Waals surface area contributed by atoms with Gasteiger partial charge in [-0.25, -0.2) is 0 Å². The summed E-state index contributed by atoms with van der Waals surface area (Å²) >= 11 is 0. The van der Waals surface area contributed by atoms with Crippen molar-refractivity contribution in [3.05, 3.63) is 103 Å². The number of rotatable bonds is 2. The molecule has 0 atom stereocenters. The Balaban J connectivity index is 1.55. The Hall–Kier alpha value is -4.12. The van der Waals surface area contributed by atoms with Gasteiger partial charge in [0, 0.05) is 10.8 Å². The van der Waals surface area contributed by atoms with E-state index < -0.39 is 154 Å². The van der Waals surface area contributed by atoms with Crippen molar-refractivity contribution >= 4 is 66.8 Å². The summed E-state index contributed by atoms with van der Waals surface area (Å²) in [7, 11) is -1.25. The van der Waals surface area contributed by atoms with E-state index in [9.17, 15) is 5.48 Å². The van der Waals surface area contributed by atoms with Crippen molar-refractivity contribution in [2.24, 2.45) is 0 Å². The molecule has 1 fully saturated rings.